The molecule has 0 heterocycles. The number of nitrogens with one attached hydrogen (secondary N) is 1. The lowest BCUT2D eigenvalue weighted by molar-refractivity contribution is -0.150. The summed E-state index contributed by atoms with van der Waals surface area (Å²) in [6, 6.07) is -0.713. The van der Waals surface area contributed by atoms with E-state index in [1.54, 1.807) is 0 Å². The average molecular weight is 788 g/mol. The highest BCUT2D eigenvalue weighted by molar-refractivity contribution is 5.77. The first kappa shape index (κ1) is 54.1. The van der Waals surface area contributed by atoms with E-state index in [0.29, 0.717) is 19.3 Å². The average Bonchev–Trinajstić information content (AvgIpc) is 3.19. The van der Waals surface area contributed by atoms with Crippen molar-refractivity contribution in [1.82, 2.24) is 5.32 Å². The molecule has 6 nitrogen and oxygen atoms in total. The maximum Gasteiger partial charge on any atom is 0.306 e. The van der Waals surface area contributed by atoms with Gasteiger partial charge in [0.05, 0.1) is 25.2 Å². The Hall–Kier alpha value is -1.92. The number of unbranched alkanes of at least 4 members (excludes halogenated alkanes) is 25. The van der Waals surface area contributed by atoms with Gasteiger partial charge >= 0.3 is 5.97 Å². The lowest BCUT2D eigenvalue weighted by atomic mass is 10.0. The Balaban J connectivity index is 4.69. The third kappa shape index (κ3) is 38.9. The molecule has 0 saturated carbocycles. The number of amides is 1. The number of hydrogen-bond acceptors (Lipinski definition) is 5. The molecule has 0 bridgehead atoms. The number of aliphatic hydroxyl groups is 2. The summed E-state index contributed by atoms with van der Waals surface area (Å²) >= 11 is 0. The van der Waals surface area contributed by atoms with Crippen molar-refractivity contribution in [2.45, 2.75) is 264 Å². The highest BCUT2D eigenvalue weighted by atomic mass is 16.5. The van der Waals surface area contributed by atoms with Crippen LogP contribution in [0, 0.1) is 0 Å². The Morgan fingerprint density at radius 2 is 0.911 bits per heavy atom. The van der Waals surface area contributed by atoms with Crippen LogP contribution in [0.5, 0.6) is 0 Å². The summed E-state index contributed by atoms with van der Waals surface area (Å²) in [5.74, 6) is -0.566. The predicted molar refractivity (Wildman–Crippen MR) is 241 cm³/mol. The standard InChI is InChI=1S/C50H93NO5/c1-4-7-10-13-16-19-22-24-26-27-29-32-35-38-41-46(56-50(55)43-40-37-34-31-28-25-23-20-17-14-11-8-5-2)44-49(54)51-47(45-52)48(53)42-39-36-33-30-21-18-15-12-9-6-3/h25-28,34,37,46-48,52-53H,4-24,29-33,35-36,38-45H2,1-3H3,(H,51,54)/b27-26+,28-25-,37-34+. The molecular weight excluding hydrogens is 695 g/mol. The van der Waals surface area contributed by atoms with Gasteiger partial charge in [-0.2, -0.15) is 0 Å². The van der Waals surface area contributed by atoms with Crippen molar-refractivity contribution in [1.29, 1.82) is 0 Å². The Morgan fingerprint density at radius 1 is 0.518 bits per heavy atom. The fourth-order valence-corrected chi connectivity index (χ4v) is 7.24. The van der Waals surface area contributed by atoms with Gasteiger partial charge in [-0.25, -0.2) is 0 Å². The molecule has 0 aliphatic rings. The number of ether oxygens (including phenoxy) is 1. The number of rotatable bonds is 43. The molecule has 0 aliphatic carbocycles. The van der Waals surface area contributed by atoms with Gasteiger partial charge in [0.2, 0.25) is 5.91 Å². The van der Waals surface area contributed by atoms with Crippen LogP contribution in [0.4, 0.5) is 0 Å². The fourth-order valence-electron chi connectivity index (χ4n) is 7.24. The first-order valence-corrected chi connectivity index (χ1v) is 24.2. The van der Waals surface area contributed by atoms with Gasteiger partial charge in [0.1, 0.15) is 6.10 Å². The Bertz CT molecular complexity index is 930. The highest BCUT2D eigenvalue weighted by Gasteiger charge is 2.24. The monoisotopic (exact) mass is 788 g/mol. The van der Waals surface area contributed by atoms with Crippen molar-refractivity contribution in [2.75, 3.05) is 6.61 Å². The molecule has 3 atom stereocenters. The van der Waals surface area contributed by atoms with Crippen LogP contribution in [0.2, 0.25) is 0 Å². The van der Waals surface area contributed by atoms with E-state index in [0.717, 1.165) is 64.2 Å². The molecule has 0 aliphatic heterocycles. The van der Waals surface area contributed by atoms with E-state index in [2.05, 4.69) is 56.5 Å². The number of allylic oxidation sites excluding steroid dienone is 6. The molecule has 0 rings (SSSR count). The Kier molecular flexibility index (Phi) is 42.7. The number of carbonyl (C=O) groups excluding carboxylic acids is 2. The largest absolute Gasteiger partial charge is 0.462 e. The minimum absolute atomic E-state index is 0.0464. The van der Waals surface area contributed by atoms with Crippen molar-refractivity contribution >= 4 is 11.9 Å². The van der Waals surface area contributed by atoms with Gasteiger partial charge in [-0.05, 0) is 70.6 Å². The van der Waals surface area contributed by atoms with Crippen LogP contribution >= 0.6 is 0 Å². The van der Waals surface area contributed by atoms with Gasteiger partial charge in [0.25, 0.3) is 0 Å². The zero-order valence-electron chi connectivity index (χ0n) is 37.3. The molecule has 0 fully saturated rings. The predicted octanol–water partition coefficient (Wildman–Crippen LogP) is 14.1. The molecular formula is C50H93NO5. The summed E-state index contributed by atoms with van der Waals surface area (Å²) in [6.45, 7) is 6.44. The van der Waals surface area contributed by atoms with Crippen molar-refractivity contribution in [2.24, 2.45) is 0 Å². The van der Waals surface area contributed by atoms with Crippen molar-refractivity contribution in [3.63, 3.8) is 0 Å². The van der Waals surface area contributed by atoms with Gasteiger partial charge in [0, 0.05) is 6.42 Å². The maximum absolute atomic E-state index is 13.1. The summed E-state index contributed by atoms with van der Waals surface area (Å²) < 4.78 is 5.87. The molecule has 0 aromatic rings. The Labute approximate surface area is 347 Å². The molecule has 6 heteroatoms. The van der Waals surface area contributed by atoms with Crippen LogP contribution in [0.25, 0.3) is 0 Å². The maximum atomic E-state index is 13.1. The topological polar surface area (TPSA) is 95.9 Å². The van der Waals surface area contributed by atoms with E-state index < -0.39 is 18.2 Å². The summed E-state index contributed by atoms with van der Waals surface area (Å²) in [5, 5.41) is 23.6. The fraction of sp³-hybridized carbons (Fsp3) is 0.840. The quantitative estimate of drug-likeness (QED) is 0.0325. The summed E-state index contributed by atoms with van der Waals surface area (Å²) in [4.78, 5) is 26.0. The zero-order chi connectivity index (χ0) is 41.0. The molecule has 56 heavy (non-hydrogen) atoms. The van der Waals surface area contributed by atoms with Crippen LogP contribution < -0.4 is 5.32 Å². The van der Waals surface area contributed by atoms with Crippen LogP contribution in [0.1, 0.15) is 245 Å². The van der Waals surface area contributed by atoms with E-state index in [9.17, 15) is 19.8 Å². The SMILES string of the molecule is CCCCCCCC/C=C\C/C=C/CCC(=O)OC(CCCCC/C=C/CCCCCCCCC)CC(=O)NC(CO)C(O)CCCCCCCCCCCC. The summed E-state index contributed by atoms with van der Waals surface area (Å²) in [6.07, 6.45) is 50.7. The van der Waals surface area contributed by atoms with Gasteiger partial charge < -0.3 is 20.3 Å². The number of carbonyl (C=O) groups is 2. The second kappa shape index (κ2) is 44.2. The van der Waals surface area contributed by atoms with Crippen molar-refractivity contribution < 1.29 is 24.5 Å². The lowest BCUT2D eigenvalue weighted by Gasteiger charge is -2.24. The van der Waals surface area contributed by atoms with Gasteiger partial charge in [-0.1, -0.05) is 198 Å². The van der Waals surface area contributed by atoms with E-state index >= 15 is 0 Å². The summed E-state index contributed by atoms with van der Waals surface area (Å²) in [7, 11) is 0. The van der Waals surface area contributed by atoms with Crippen LogP contribution in [-0.4, -0.2) is 46.9 Å². The first-order chi connectivity index (χ1) is 27.5. The molecule has 0 spiro atoms. The minimum atomic E-state index is -0.796. The molecule has 0 saturated heterocycles. The van der Waals surface area contributed by atoms with Crippen molar-refractivity contribution in [3.8, 4) is 0 Å². The van der Waals surface area contributed by atoms with Crippen LogP contribution in [0.15, 0.2) is 36.5 Å². The number of aliphatic hydroxyl groups excluding tert-OH is 2. The molecule has 0 aromatic carbocycles. The number of hydrogen-bond donors (Lipinski definition) is 3. The molecule has 3 unspecified atom stereocenters. The third-order valence-corrected chi connectivity index (χ3v) is 11.0. The summed E-state index contributed by atoms with van der Waals surface area (Å²) in [5.41, 5.74) is 0. The minimum Gasteiger partial charge on any atom is -0.462 e. The number of esters is 1. The zero-order valence-corrected chi connectivity index (χ0v) is 37.3. The smallest absolute Gasteiger partial charge is 0.306 e. The molecule has 0 aromatic heterocycles. The van der Waals surface area contributed by atoms with E-state index in [4.69, 9.17) is 4.74 Å². The van der Waals surface area contributed by atoms with Gasteiger partial charge in [0.15, 0.2) is 0 Å². The van der Waals surface area contributed by atoms with E-state index in [1.165, 1.54) is 128 Å². The van der Waals surface area contributed by atoms with E-state index in [1.807, 2.05) is 6.08 Å². The second-order valence-electron chi connectivity index (χ2n) is 16.5. The van der Waals surface area contributed by atoms with E-state index in [-0.39, 0.29) is 31.3 Å². The first-order valence-electron chi connectivity index (χ1n) is 24.2. The molecule has 0 radical (unpaired) electrons. The Morgan fingerprint density at radius 3 is 1.39 bits per heavy atom. The van der Waals surface area contributed by atoms with Gasteiger partial charge in [-0.3, -0.25) is 9.59 Å². The second-order valence-corrected chi connectivity index (χ2v) is 16.5. The normalized spacial score (nSPS) is 13.6. The van der Waals surface area contributed by atoms with Crippen LogP contribution in [-0.2, 0) is 14.3 Å². The molecule has 3 N–H and O–H groups in total. The lowest BCUT2D eigenvalue weighted by Crippen LogP contribution is -2.46. The highest BCUT2D eigenvalue weighted by Crippen LogP contribution is 2.17. The van der Waals surface area contributed by atoms with Gasteiger partial charge in [-0.15, -0.1) is 0 Å². The molecule has 1 amide bonds. The van der Waals surface area contributed by atoms with Crippen LogP contribution in [0.3, 0.4) is 0 Å². The van der Waals surface area contributed by atoms with Crippen molar-refractivity contribution in [3.05, 3.63) is 36.5 Å². The third-order valence-electron chi connectivity index (χ3n) is 11.0. The molecule has 328 valence electrons.